The molecule has 1 fully saturated rings. The molecule has 1 amide bonds. The molecule has 25 heavy (non-hydrogen) atoms. The molecule has 1 saturated heterocycles. The summed E-state index contributed by atoms with van der Waals surface area (Å²) in [5, 5.41) is 0.335. The number of ether oxygens (including phenoxy) is 1. The zero-order chi connectivity index (χ0) is 18.2. The molecule has 3 heterocycles. The molecule has 0 aliphatic carbocycles. The molecule has 2 aromatic rings. The van der Waals surface area contributed by atoms with Gasteiger partial charge in [0.1, 0.15) is 23.3 Å². The highest BCUT2D eigenvalue weighted by atomic mass is 35.5. The Balaban J connectivity index is 1.73. The lowest BCUT2D eigenvalue weighted by Crippen LogP contribution is -2.39. The van der Waals surface area contributed by atoms with E-state index in [1.165, 1.54) is 6.33 Å². The number of rotatable bonds is 2. The van der Waals surface area contributed by atoms with Crippen LogP contribution in [0.1, 0.15) is 27.2 Å². The van der Waals surface area contributed by atoms with Gasteiger partial charge < -0.3 is 14.5 Å². The van der Waals surface area contributed by atoms with E-state index in [0.29, 0.717) is 29.3 Å². The smallest absolute Gasteiger partial charge is 0.410 e. The number of carbonyl (C=O) groups is 1. The van der Waals surface area contributed by atoms with Gasteiger partial charge in [0.2, 0.25) is 0 Å². The fraction of sp³-hybridized carbons (Fsp3) is 0.529. The molecule has 7 nitrogen and oxygen atoms in total. The predicted molar refractivity (Wildman–Crippen MR) is 97.0 cm³/mol. The van der Waals surface area contributed by atoms with Crippen molar-refractivity contribution in [1.82, 2.24) is 19.9 Å². The fourth-order valence-electron chi connectivity index (χ4n) is 2.83. The van der Waals surface area contributed by atoms with Crippen molar-refractivity contribution >= 4 is 34.5 Å². The molecule has 0 aromatic carbocycles. The van der Waals surface area contributed by atoms with Crippen LogP contribution in [0.5, 0.6) is 0 Å². The van der Waals surface area contributed by atoms with Gasteiger partial charge >= 0.3 is 6.09 Å². The Kier molecular flexibility index (Phi) is 4.69. The van der Waals surface area contributed by atoms with Crippen LogP contribution in [0.4, 0.5) is 10.6 Å². The van der Waals surface area contributed by atoms with E-state index in [1.54, 1.807) is 4.90 Å². The maximum atomic E-state index is 12.2. The molecular weight excluding hydrogens is 342 g/mol. The summed E-state index contributed by atoms with van der Waals surface area (Å²) in [6.07, 6.45) is 2.01. The number of nitrogens with zero attached hydrogens (tertiary/aromatic N) is 5. The summed E-state index contributed by atoms with van der Waals surface area (Å²) in [4.78, 5) is 28.7. The second-order valence-corrected chi connectivity index (χ2v) is 7.54. The molecular formula is C17H22ClN5O2. The zero-order valence-electron chi connectivity index (χ0n) is 14.9. The lowest BCUT2D eigenvalue weighted by molar-refractivity contribution is 0.0292. The van der Waals surface area contributed by atoms with Crippen LogP contribution < -0.4 is 4.90 Å². The number of hydrogen-bond acceptors (Lipinski definition) is 6. The number of halogens is 1. The Bertz CT molecular complexity index is 792. The van der Waals surface area contributed by atoms with E-state index in [9.17, 15) is 4.79 Å². The summed E-state index contributed by atoms with van der Waals surface area (Å²) in [5.74, 6) is 0.778. The van der Waals surface area contributed by atoms with E-state index in [2.05, 4.69) is 19.9 Å². The van der Waals surface area contributed by atoms with Gasteiger partial charge in [-0.1, -0.05) is 11.6 Å². The van der Waals surface area contributed by atoms with Gasteiger partial charge in [-0.15, -0.1) is 0 Å². The molecule has 0 saturated carbocycles. The maximum absolute atomic E-state index is 12.2. The first kappa shape index (κ1) is 17.7. The van der Waals surface area contributed by atoms with Crippen molar-refractivity contribution in [1.29, 1.82) is 0 Å². The quantitative estimate of drug-likeness (QED) is 0.763. The number of likely N-dealkylation sites (tertiary alicyclic amines) is 1. The minimum Gasteiger partial charge on any atom is -0.444 e. The Hall–Kier alpha value is -2.15. The maximum Gasteiger partial charge on any atom is 0.410 e. The Morgan fingerprint density at radius 3 is 2.84 bits per heavy atom. The molecule has 0 N–H and O–H groups in total. The van der Waals surface area contributed by atoms with E-state index in [0.717, 1.165) is 12.2 Å². The van der Waals surface area contributed by atoms with E-state index < -0.39 is 5.60 Å². The minimum absolute atomic E-state index is 0.167. The number of aromatic nitrogens is 3. The van der Waals surface area contributed by atoms with Crippen molar-refractivity contribution in [3.05, 3.63) is 23.6 Å². The molecule has 0 spiro atoms. The van der Waals surface area contributed by atoms with Crippen molar-refractivity contribution in [2.24, 2.45) is 0 Å². The van der Waals surface area contributed by atoms with Crippen LogP contribution in [0.3, 0.4) is 0 Å². The van der Waals surface area contributed by atoms with Gasteiger partial charge in [0, 0.05) is 26.2 Å². The topological polar surface area (TPSA) is 71.5 Å². The first-order valence-electron chi connectivity index (χ1n) is 8.22. The molecule has 0 bridgehead atoms. The summed E-state index contributed by atoms with van der Waals surface area (Å²) in [7, 11) is 1.97. The number of hydrogen-bond donors (Lipinski definition) is 0. The van der Waals surface area contributed by atoms with Gasteiger partial charge in [-0.2, -0.15) is 0 Å². The third-order valence-corrected chi connectivity index (χ3v) is 4.42. The molecule has 1 aliphatic heterocycles. The molecule has 8 heteroatoms. The van der Waals surface area contributed by atoms with Crippen LogP contribution >= 0.6 is 11.6 Å². The lowest BCUT2D eigenvalue weighted by Gasteiger charge is -2.27. The molecule has 3 rings (SSSR count). The summed E-state index contributed by atoms with van der Waals surface area (Å²) in [5.41, 5.74) is 0.798. The number of amides is 1. The predicted octanol–water partition coefficient (Wildman–Crippen LogP) is 3.12. The largest absolute Gasteiger partial charge is 0.444 e. The summed E-state index contributed by atoms with van der Waals surface area (Å²) in [6, 6.07) is 3.95. The molecule has 0 radical (unpaired) electrons. The molecule has 1 atom stereocenters. The Morgan fingerprint density at radius 2 is 2.12 bits per heavy atom. The Labute approximate surface area is 152 Å². The van der Waals surface area contributed by atoms with Gasteiger partial charge in [-0.05, 0) is 39.3 Å². The Morgan fingerprint density at radius 1 is 1.36 bits per heavy atom. The molecule has 1 unspecified atom stereocenters. The highest BCUT2D eigenvalue weighted by Crippen LogP contribution is 2.25. The minimum atomic E-state index is -0.488. The second-order valence-electron chi connectivity index (χ2n) is 7.18. The normalized spacial score (nSPS) is 17.8. The monoisotopic (exact) mass is 363 g/mol. The van der Waals surface area contributed by atoms with Crippen molar-refractivity contribution in [3.63, 3.8) is 0 Å². The van der Waals surface area contributed by atoms with Crippen molar-refractivity contribution in [3.8, 4) is 0 Å². The zero-order valence-corrected chi connectivity index (χ0v) is 15.6. The third-order valence-electron chi connectivity index (χ3n) is 4.15. The van der Waals surface area contributed by atoms with Crippen molar-refractivity contribution in [2.45, 2.75) is 38.8 Å². The summed E-state index contributed by atoms with van der Waals surface area (Å²) in [6.45, 7) is 6.88. The SMILES string of the molecule is CN(c1ccc2ncnc(Cl)c2n1)C1CCN(C(=O)OC(C)(C)C)C1. The highest BCUT2D eigenvalue weighted by molar-refractivity contribution is 6.33. The van der Waals surface area contributed by atoms with Crippen LogP contribution in [0.25, 0.3) is 11.0 Å². The van der Waals surface area contributed by atoms with Crippen molar-refractivity contribution in [2.75, 3.05) is 25.0 Å². The number of pyridine rings is 1. The van der Waals surface area contributed by atoms with E-state index >= 15 is 0 Å². The van der Waals surface area contributed by atoms with Gasteiger partial charge in [0.15, 0.2) is 5.15 Å². The number of anilines is 1. The van der Waals surface area contributed by atoms with E-state index in [1.807, 2.05) is 40.0 Å². The number of carbonyl (C=O) groups excluding carboxylic acids is 1. The average molecular weight is 364 g/mol. The van der Waals surface area contributed by atoms with Crippen LogP contribution in [0, 0.1) is 0 Å². The van der Waals surface area contributed by atoms with Gasteiger partial charge in [0.05, 0.1) is 5.52 Å². The van der Waals surface area contributed by atoms with Crippen LogP contribution in [-0.2, 0) is 4.74 Å². The van der Waals surface area contributed by atoms with Gasteiger partial charge in [0.25, 0.3) is 0 Å². The van der Waals surface area contributed by atoms with Gasteiger partial charge in [-0.25, -0.2) is 19.7 Å². The average Bonchev–Trinajstić information content (AvgIpc) is 3.03. The second kappa shape index (κ2) is 6.63. The summed E-state index contributed by atoms with van der Waals surface area (Å²) >= 11 is 6.12. The van der Waals surface area contributed by atoms with Crippen LogP contribution in [0.2, 0.25) is 5.15 Å². The summed E-state index contributed by atoms with van der Waals surface area (Å²) < 4.78 is 5.45. The fourth-order valence-corrected chi connectivity index (χ4v) is 3.02. The standard InChI is InChI=1S/C17H22ClN5O2/c1-17(2,3)25-16(24)23-8-7-11(9-23)22(4)13-6-5-12-14(21-13)15(18)20-10-19-12/h5-6,10-11H,7-9H2,1-4H3. The molecule has 134 valence electrons. The number of fused-ring (bicyclic) bond motifs is 1. The molecule has 2 aromatic heterocycles. The first-order chi connectivity index (χ1) is 11.7. The molecule has 1 aliphatic rings. The van der Waals surface area contributed by atoms with E-state index in [4.69, 9.17) is 16.3 Å². The number of likely N-dealkylation sites (N-methyl/N-ethyl adjacent to an activating group) is 1. The van der Waals surface area contributed by atoms with E-state index in [-0.39, 0.29) is 12.1 Å². The van der Waals surface area contributed by atoms with Crippen LogP contribution in [0.15, 0.2) is 18.5 Å². The lowest BCUT2D eigenvalue weighted by atomic mass is 10.2. The first-order valence-corrected chi connectivity index (χ1v) is 8.60. The van der Waals surface area contributed by atoms with Crippen molar-refractivity contribution < 1.29 is 9.53 Å². The van der Waals surface area contributed by atoms with Gasteiger partial charge in [-0.3, -0.25) is 0 Å². The van der Waals surface area contributed by atoms with Crippen LogP contribution in [-0.4, -0.2) is 57.7 Å². The third kappa shape index (κ3) is 3.92. The highest BCUT2D eigenvalue weighted by Gasteiger charge is 2.32.